The largest absolute Gasteiger partial charge is 0.481 e. The number of hydrogen-bond donors (Lipinski definition) is 3. The highest BCUT2D eigenvalue weighted by Gasteiger charge is 2.35. The van der Waals surface area contributed by atoms with Crippen LogP contribution in [-0.4, -0.2) is 39.0 Å². The Balaban J connectivity index is 1.72. The van der Waals surface area contributed by atoms with Gasteiger partial charge in [-0.25, -0.2) is 9.67 Å². The van der Waals surface area contributed by atoms with Crippen LogP contribution in [-0.2, 0) is 11.3 Å². The zero-order valence-electron chi connectivity index (χ0n) is 14.3. The van der Waals surface area contributed by atoms with Crippen LogP contribution in [0.3, 0.4) is 0 Å². The quantitative estimate of drug-likeness (QED) is 0.713. The van der Waals surface area contributed by atoms with Crippen molar-refractivity contribution in [2.75, 3.05) is 12.8 Å². The molecule has 0 aromatic carbocycles. The van der Waals surface area contributed by atoms with Crippen molar-refractivity contribution >= 4 is 11.7 Å². The van der Waals surface area contributed by atoms with Crippen LogP contribution in [0.15, 0.2) is 24.4 Å². The van der Waals surface area contributed by atoms with Crippen LogP contribution in [0.1, 0.15) is 30.1 Å². The first kappa shape index (κ1) is 17.2. The van der Waals surface area contributed by atoms with Gasteiger partial charge in [0.25, 0.3) is 0 Å². The Morgan fingerprint density at radius 2 is 2.28 bits per heavy atom. The van der Waals surface area contributed by atoms with E-state index in [0.717, 1.165) is 11.3 Å². The zero-order valence-corrected chi connectivity index (χ0v) is 14.3. The monoisotopic (exact) mass is 345 g/mol. The average molecular weight is 345 g/mol. The number of pyridine rings is 1. The minimum absolute atomic E-state index is 0.0506. The van der Waals surface area contributed by atoms with E-state index in [0.29, 0.717) is 24.5 Å². The maximum Gasteiger partial charge on any atom is 0.242 e. The summed E-state index contributed by atoms with van der Waals surface area (Å²) in [7, 11) is 1.56. The van der Waals surface area contributed by atoms with E-state index in [1.54, 1.807) is 25.4 Å². The Labute approximate surface area is 146 Å². The van der Waals surface area contributed by atoms with Gasteiger partial charge in [0.1, 0.15) is 12.4 Å². The minimum Gasteiger partial charge on any atom is -0.481 e. The molecule has 1 atom stereocenters. The molecule has 0 radical (unpaired) electrons. The molecule has 0 aliphatic heterocycles. The van der Waals surface area contributed by atoms with Crippen LogP contribution < -0.4 is 15.8 Å². The number of aliphatic hydroxyl groups is 1. The summed E-state index contributed by atoms with van der Waals surface area (Å²) in [4.78, 5) is 16.7. The molecule has 0 unspecified atom stereocenters. The molecule has 1 aliphatic carbocycles. The third-order valence-corrected chi connectivity index (χ3v) is 4.49. The molecule has 1 fully saturated rings. The number of nitrogen functional groups attached to an aromatic ring is 1. The minimum atomic E-state index is -0.306. The number of aryl methyl sites for hydroxylation is 1. The van der Waals surface area contributed by atoms with Gasteiger partial charge in [-0.2, -0.15) is 5.10 Å². The topological polar surface area (TPSA) is 115 Å². The van der Waals surface area contributed by atoms with Crippen molar-refractivity contribution in [3.63, 3.8) is 0 Å². The number of aliphatic hydroxyl groups excluding tert-OH is 1. The normalized spacial score (nSPS) is 20.6. The maximum atomic E-state index is 12.5. The van der Waals surface area contributed by atoms with E-state index in [1.165, 1.54) is 4.68 Å². The summed E-state index contributed by atoms with van der Waals surface area (Å²) in [6.07, 6.45) is 2.70. The van der Waals surface area contributed by atoms with Crippen molar-refractivity contribution in [2.45, 2.75) is 38.5 Å². The van der Waals surface area contributed by atoms with Crippen LogP contribution in [0.25, 0.3) is 0 Å². The highest BCUT2D eigenvalue weighted by Crippen LogP contribution is 2.38. The molecule has 3 rings (SSSR count). The summed E-state index contributed by atoms with van der Waals surface area (Å²) in [6, 6.07) is 5.15. The summed E-state index contributed by atoms with van der Waals surface area (Å²) in [5, 5.41) is 16.9. The van der Waals surface area contributed by atoms with Crippen molar-refractivity contribution in [1.82, 2.24) is 20.1 Å². The summed E-state index contributed by atoms with van der Waals surface area (Å²) in [6.45, 7) is 1.88. The number of carbonyl (C=O) groups excluding carboxylic acids is 1. The molecule has 0 spiro atoms. The van der Waals surface area contributed by atoms with E-state index in [2.05, 4.69) is 15.4 Å². The van der Waals surface area contributed by atoms with E-state index in [-0.39, 0.29) is 30.5 Å². The molecule has 0 bridgehead atoms. The van der Waals surface area contributed by atoms with Gasteiger partial charge in [0.15, 0.2) is 0 Å². The zero-order chi connectivity index (χ0) is 18.0. The molecule has 8 heteroatoms. The number of methoxy groups -OCH3 is 1. The smallest absolute Gasteiger partial charge is 0.242 e. The molecule has 1 saturated carbocycles. The molecule has 4 N–H and O–H groups in total. The lowest BCUT2D eigenvalue weighted by Crippen LogP contribution is -2.42. The molecule has 1 aliphatic rings. The highest BCUT2D eigenvalue weighted by molar-refractivity contribution is 5.76. The van der Waals surface area contributed by atoms with Crippen molar-refractivity contribution in [1.29, 1.82) is 0 Å². The first-order valence-corrected chi connectivity index (χ1v) is 8.23. The Bertz CT molecular complexity index is 737. The molecule has 8 nitrogen and oxygen atoms in total. The summed E-state index contributed by atoms with van der Waals surface area (Å²) in [5.74, 6) is 0.958. The molecule has 2 aromatic heterocycles. The van der Waals surface area contributed by atoms with Crippen LogP contribution in [0.5, 0.6) is 5.88 Å². The third-order valence-electron chi connectivity index (χ3n) is 4.49. The van der Waals surface area contributed by atoms with Gasteiger partial charge in [-0.3, -0.25) is 4.79 Å². The number of anilines is 1. The lowest BCUT2D eigenvalue weighted by atomic mass is 9.75. The number of nitrogens with zero attached hydrogens (tertiary/aromatic N) is 3. The number of ether oxygens (including phenoxy) is 1. The molecule has 134 valence electrons. The summed E-state index contributed by atoms with van der Waals surface area (Å²) >= 11 is 0. The van der Waals surface area contributed by atoms with Gasteiger partial charge >= 0.3 is 0 Å². The van der Waals surface area contributed by atoms with Gasteiger partial charge in [-0.1, -0.05) is 6.07 Å². The second kappa shape index (κ2) is 7.10. The maximum absolute atomic E-state index is 12.5. The number of amides is 1. The fourth-order valence-corrected chi connectivity index (χ4v) is 3.12. The highest BCUT2D eigenvalue weighted by atomic mass is 16.5. The summed E-state index contributed by atoms with van der Waals surface area (Å²) < 4.78 is 6.55. The summed E-state index contributed by atoms with van der Waals surface area (Å²) in [5.41, 5.74) is 7.49. The molecule has 2 heterocycles. The second-order valence-electron chi connectivity index (χ2n) is 6.43. The van der Waals surface area contributed by atoms with Gasteiger partial charge < -0.3 is 20.9 Å². The number of carbonyl (C=O) groups is 1. The van der Waals surface area contributed by atoms with Crippen molar-refractivity contribution in [3.8, 4) is 5.88 Å². The lowest BCUT2D eigenvalue weighted by molar-refractivity contribution is -0.123. The molecular weight excluding hydrogens is 322 g/mol. The molecule has 1 amide bonds. The van der Waals surface area contributed by atoms with Crippen molar-refractivity contribution < 1.29 is 14.6 Å². The first-order valence-electron chi connectivity index (χ1n) is 8.23. The SMILES string of the molecule is COc1ccc([C@H](NC(=O)Cn2nc(C)cc2N)C2CC(O)C2)cn1. The lowest BCUT2D eigenvalue weighted by Gasteiger charge is -2.38. The van der Waals surface area contributed by atoms with E-state index < -0.39 is 0 Å². The molecule has 25 heavy (non-hydrogen) atoms. The van der Waals surface area contributed by atoms with Gasteiger partial charge in [-0.15, -0.1) is 0 Å². The van der Waals surface area contributed by atoms with Crippen LogP contribution in [0.2, 0.25) is 0 Å². The fraction of sp³-hybridized carbons (Fsp3) is 0.471. The molecule has 0 saturated heterocycles. The average Bonchev–Trinajstić information content (AvgIpc) is 2.87. The number of nitrogens with one attached hydrogen (secondary N) is 1. The number of hydrogen-bond acceptors (Lipinski definition) is 6. The number of nitrogens with two attached hydrogens (primary N) is 1. The Kier molecular flexibility index (Phi) is 4.89. The van der Waals surface area contributed by atoms with Crippen molar-refractivity contribution in [3.05, 3.63) is 35.7 Å². The third kappa shape index (κ3) is 3.90. The Hall–Kier alpha value is -2.61. The molecular formula is C17H23N5O3. The van der Waals surface area contributed by atoms with Crippen LogP contribution in [0.4, 0.5) is 5.82 Å². The van der Waals surface area contributed by atoms with Crippen LogP contribution in [0, 0.1) is 12.8 Å². The Morgan fingerprint density at radius 1 is 1.52 bits per heavy atom. The van der Waals surface area contributed by atoms with Crippen molar-refractivity contribution in [2.24, 2.45) is 5.92 Å². The van der Waals surface area contributed by atoms with Gasteiger partial charge in [0, 0.05) is 18.3 Å². The predicted octanol–water partition coefficient (Wildman–Crippen LogP) is 0.806. The van der Waals surface area contributed by atoms with Gasteiger partial charge in [-0.05, 0) is 31.2 Å². The van der Waals surface area contributed by atoms with Crippen LogP contribution >= 0.6 is 0 Å². The number of rotatable bonds is 6. The predicted molar refractivity (Wildman–Crippen MR) is 91.8 cm³/mol. The Morgan fingerprint density at radius 3 is 2.80 bits per heavy atom. The molecule has 2 aromatic rings. The van der Waals surface area contributed by atoms with E-state index in [4.69, 9.17) is 10.5 Å². The fourth-order valence-electron chi connectivity index (χ4n) is 3.12. The van der Waals surface area contributed by atoms with Gasteiger partial charge in [0.05, 0.1) is 24.9 Å². The van der Waals surface area contributed by atoms with E-state index in [9.17, 15) is 9.90 Å². The first-order chi connectivity index (χ1) is 12.0. The van der Waals surface area contributed by atoms with E-state index in [1.807, 2.05) is 13.0 Å². The standard InChI is InChI=1S/C17H23N5O3/c1-10-5-14(18)22(21-10)9-15(24)20-17(12-6-13(23)7-12)11-3-4-16(25-2)19-8-11/h3-5,8,12-13,17,23H,6-7,9,18H2,1-2H3,(H,20,24)/t12?,13?,17-/m0/s1. The van der Waals surface area contributed by atoms with E-state index >= 15 is 0 Å². The van der Waals surface area contributed by atoms with Gasteiger partial charge in [0.2, 0.25) is 11.8 Å². The second-order valence-corrected chi connectivity index (χ2v) is 6.43. The number of aromatic nitrogens is 3.